The monoisotopic (exact) mass is 351 g/mol. The van der Waals surface area contributed by atoms with Gasteiger partial charge in [0.1, 0.15) is 0 Å². The molecule has 0 atom stereocenters. The van der Waals surface area contributed by atoms with Crippen molar-refractivity contribution in [1.29, 1.82) is 0 Å². The normalized spacial score (nSPS) is 15.4. The number of carbonyl (C=O) groups excluding carboxylic acids is 1. The van der Waals surface area contributed by atoms with E-state index in [9.17, 15) is 13.2 Å². The lowest BCUT2D eigenvalue weighted by atomic mass is 10.3. The summed E-state index contributed by atoms with van der Waals surface area (Å²) in [6.45, 7) is 0.949. The predicted molar refractivity (Wildman–Crippen MR) is 85.4 cm³/mol. The summed E-state index contributed by atoms with van der Waals surface area (Å²) < 4.78 is 36.3. The number of hydrogen-bond acceptors (Lipinski definition) is 6. The summed E-state index contributed by atoms with van der Waals surface area (Å²) in [5, 5.41) is 2.36. The third kappa shape index (κ3) is 3.26. The maximum atomic E-state index is 12.4. The zero-order chi connectivity index (χ0) is 17.2. The van der Waals surface area contributed by atoms with Crippen LogP contribution in [0.25, 0.3) is 0 Å². The Morgan fingerprint density at radius 2 is 2.00 bits per heavy atom. The molecule has 1 aliphatic rings. The maximum Gasteiger partial charge on any atom is 0.291 e. The Hall–Kier alpha value is -2.39. The molecule has 128 valence electrons. The van der Waals surface area contributed by atoms with Gasteiger partial charge in [0.25, 0.3) is 15.9 Å². The molecule has 1 aliphatic heterocycles. The number of pyridine rings is 1. The van der Waals surface area contributed by atoms with Crippen LogP contribution in [-0.4, -0.2) is 43.8 Å². The average molecular weight is 351 g/mol. The molecule has 2 aromatic rings. The van der Waals surface area contributed by atoms with Crippen molar-refractivity contribution < 1.29 is 22.4 Å². The zero-order valence-corrected chi connectivity index (χ0v) is 13.9. The Bertz CT molecular complexity index is 823. The highest BCUT2D eigenvalue weighted by atomic mass is 32.2. The fraction of sp³-hybridized carbons (Fsp3) is 0.333. The number of furan rings is 1. The van der Waals surface area contributed by atoms with Crippen LogP contribution in [-0.2, 0) is 10.0 Å². The number of hydrogen-bond donors (Lipinski definition) is 1. The second kappa shape index (κ2) is 6.62. The fourth-order valence-electron chi connectivity index (χ4n) is 2.40. The first kappa shape index (κ1) is 16.5. The van der Waals surface area contributed by atoms with E-state index in [1.807, 2.05) is 0 Å². The molecule has 0 aliphatic carbocycles. The van der Waals surface area contributed by atoms with Crippen LogP contribution in [0.2, 0.25) is 0 Å². The third-order valence-electron chi connectivity index (χ3n) is 3.67. The van der Waals surface area contributed by atoms with Crippen molar-refractivity contribution in [3.05, 3.63) is 36.2 Å². The lowest BCUT2D eigenvalue weighted by Crippen LogP contribution is -2.27. The van der Waals surface area contributed by atoms with Crippen molar-refractivity contribution in [1.82, 2.24) is 9.29 Å². The first-order valence-corrected chi connectivity index (χ1v) is 8.86. The van der Waals surface area contributed by atoms with Crippen molar-refractivity contribution in [2.75, 3.05) is 25.5 Å². The maximum absolute atomic E-state index is 12.4. The first-order valence-electron chi connectivity index (χ1n) is 7.42. The zero-order valence-electron chi connectivity index (χ0n) is 13.1. The molecule has 9 heteroatoms. The number of methoxy groups -OCH3 is 1. The van der Waals surface area contributed by atoms with Crippen LogP contribution in [0, 0.1) is 0 Å². The molecule has 0 saturated carbocycles. The molecule has 1 N–H and O–H groups in total. The number of aromatic nitrogens is 1. The van der Waals surface area contributed by atoms with Gasteiger partial charge in [-0.3, -0.25) is 4.79 Å². The molecule has 0 bridgehead atoms. The minimum Gasteiger partial charge on any atom is -0.481 e. The molecular weight excluding hydrogens is 334 g/mol. The molecule has 2 aromatic heterocycles. The first-order chi connectivity index (χ1) is 11.5. The second-order valence-corrected chi connectivity index (χ2v) is 7.14. The molecule has 0 radical (unpaired) electrons. The van der Waals surface area contributed by atoms with Gasteiger partial charge < -0.3 is 14.5 Å². The summed E-state index contributed by atoms with van der Waals surface area (Å²) in [5.41, 5.74) is 0.446. The molecule has 0 aromatic carbocycles. The fourth-order valence-corrected chi connectivity index (χ4v) is 3.83. The number of carbonyl (C=O) groups is 1. The van der Waals surface area contributed by atoms with Crippen LogP contribution in [0.5, 0.6) is 5.88 Å². The van der Waals surface area contributed by atoms with E-state index in [2.05, 4.69) is 10.3 Å². The lowest BCUT2D eigenvalue weighted by molar-refractivity contribution is 0.0991. The quantitative estimate of drug-likeness (QED) is 0.880. The van der Waals surface area contributed by atoms with Crippen molar-refractivity contribution >= 4 is 21.6 Å². The lowest BCUT2D eigenvalue weighted by Gasteiger charge is -2.12. The smallest absolute Gasteiger partial charge is 0.291 e. The van der Waals surface area contributed by atoms with E-state index < -0.39 is 15.9 Å². The van der Waals surface area contributed by atoms with E-state index in [0.29, 0.717) is 24.7 Å². The van der Waals surface area contributed by atoms with E-state index in [1.165, 1.54) is 29.7 Å². The van der Waals surface area contributed by atoms with Crippen molar-refractivity contribution in [2.24, 2.45) is 0 Å². The Morgan fingerprint density at radius 3 is 2.62 bits per heavy atom. The van der Waals surface area contributed by atoms with Gasteiger partial charge in [0.05, 0.1) is 19.0 Å². The third-order valence-corrected chi connectivity index (χ3v) is 5.44. The number of amides is 1. The minimum absolute atomic E-state index is 0.0800. The van der Waals surface area contributed by atoms with Gasteiger partial charge in [-0.2, -0.15) is 4.31 Å². The minimum atomic E-state index is -3.68. The Kier molecular flexibility index (Phi) is 4.54. The van der Waals surface area contributed by atoms with Crippen molar-refractivity contribution in [3.63, 3.8) is 0 Å². The van der Waals surface area contributed by atoms with Crippen LogP contribution in [0.3, 0.4) is 0 Å². The van der Waals surface area contributed by atoms with Crippen molar-refractivity contribution in [3.8, 4) is 5.88 Å². The van der Waals surface area contributed by atoms with E-state index >= 15 is 0 Å². The van der Waals surface area contributed by atoms with Gasteiger partial charge in [-0.05, 0) is 31.0 Å². The van der Waals surface area contributed by atoms with E-state index in [0.717, 1.165) is 12.8 Å². The summed E-state index contributed by atoms with van der Waals surface area (Å²) in [5.74, 6) is -0.210. The highest BCUT2D eigenvalue weighted by Crippen LogP contribution is 2.23. The van der Waals surface area contributed by atoms with E-state index in [1.54, 1.807) is 12.1 Å². The molecule has 8 nitrogen and oxygen atoms in total. The van der Waals surface area contributed by atoms with Gasteiger partial charge in [0, 0.05) is 19.2 Å². The average Bonchev–Trinajstić information content (AvgIpc) is 3.27. The Balaban J connectivity index is 1.73. The molecule has 1 saturated heterocycles. The van der Waals surface area contributed by atoms with E-state index in [4.69, 9.17) is 9.15 Å². The summed E-state index contributed by atoms with van der Waals surface area (Å²) >= 11 is 0. The van der Waals surface area contributed by atoms with Crippen LogP contribution < -0.4 is 10.1 Å². The predicted octanol–water partition coefficient (Wildman–Crippen LogP) is 1.72. The van der Waals surface area contributed by atoms with Gasteiger partial charge in [-0.1, -0.05) is 0 Å². The number of nitrogens with zero attached hydrogens (tertiary/aromatic N) is 2. The Labute approximate surface area is 139 Å². The topological polar surface area (TPSA) is 102 Å². The van der Waals surface area contributed by atoms with Crippen LogP contribution in [0.4, 0.5) is 5.69 Å². The highest BCUT2D eigenvalue weighted by molar-refractivity contribution is 7.89. The number of anilines is 1. The summed E-state index contributed by atoms with van der Waals surface area (Å²) in [6.07, 6.45) is 3.09. The van der Waals surface area contributed by atoms with Gasteiger partial charge in [-0.25, -0.2) is 13.4 Å². The van der Waals surface area contributed by atoms with Crippen LogP contribution in [0.15, 0.2) is 40.0 Å². The number of rotatable bonds is 5. The van der Waals surface area contributed by atoms with Gasteiger partial charge in [0.2, 0.25) is 11.0 Å². The van der Waals surface area contributed by atoms with Gasteiger partial charge >= 0.3 is 0 Å². The molecule has 0 spiro atoms. The van der Waals surface area contributed by atoms with Gasteiger partial charge in [-0.15, -0.1) is 0 Å². The molecule has 0 unspecified atom stereocenters. The van der Waals surface area contributed by atoms with Crippen molar-refractivity contribution in [2.45, 2.75) is 17.9 Å². The molecule has 1 amide bonds. The summed E-state index contributed by atoms with van der Waals surface area (Å²) in [4.78, 5) is 16.1. The molecule has 3 rings (SSSR count). The number of sulfonamides is 1. The molecule has 24 heavy (non-hydrogen) atoms. The van der Waals surface area contributed by atoms with Crippen LogP contribution >= 0.6 is 0 Å². The summed E-state index contributed by atoms with van der Waals surface area (Å²) in [6, 6.07) is 5.86. The SMILES string of the molecule is COc1ccc(NC(=O)c2ccc(S(=O)(=O)N3CCCC3)o2)cn1. The Morgan fingerprint density at radius 1 is 1.25 bits per heavy atom. The van der Waals surface area contributed by atoms with Crippen LogP contribution in [0.1, 0.15) is 23.4 Å². The largest absolute Gasteiger partial charge is 0.481 e. The van der Waals surface area contributed by atoms with Gasteiger partial charge in [0.15, 0.2) is 5.76 Å². The second-order valence-electron chi connectivity index (χ2n) is 5.27. The standard InChI is InChI=1S/C15H17N3O5S/c1-22-13-6-4-11(10-16-13)17-15(19)12-5-7-14(23-12)24(20,21)18-8-2-3-9-18/h4-7,10H,2-3,8-9H2,1H3,(H,17,19). The molecule has 1 fully saturated rings. The number of ether oxygens (including phenoxy) is 1. The highest BCUT2D eigenvalue weighted by Gasteiger charge is 2.30. The molecule has 3 heterocycles. The number of nitrogens with one attached hydrogen (secondary N) is 1. The molecular formula is C15H17N3O5S. The van der Waals surface area contributed by atoms with E-state index in [-0.39, 0.29) is 10.9 Å². The summed E-state index contributed by atoms with van der Waals surface area (Å²) in [7, 11) is -2.18.